The van der Waals surface area contributed by atoms with Crippen molar-refractivity contribution in [3.63, 3.8) is 0 Å². The summed E-state index contributed by atoms with van der Waals surface area (Å²) in [5.41, 5.74) is 1.56. The zero-order valence-corrected chi connectivity index (χ0v) is 13.1. The molecule has 25 heavy (non-hydrogen) atoms. The molecule has 2 aromatic carbocycles. The lowest BCUT2D eigenvalue weighted by atomic mass is 10.0. The van der Waals surface area contributed by atoms with Crippen molar-refractivity contribution in [3.8, 4) is 12.1 Å². The van der Waals surface area contributed by atoms with E-state index >= 15 is 0 Å². The lowest BCUT2D eigenvalue weighted by Crippen LogP contribution is -2.23. The van der Waals surface area contributed by atoms with Gasteiger partial charge in [-0.05, 0) is 25.1 Å². The van der Waals surface area contributed by atoms with E-state index < -0.39 is 10.8 Å². The van der Waals surface area contributed by atoms with Crippen LogP contribution in [0.25, 0.3) is 5.70 Å². The zero-order chi connectivity index (χ0) is 18.1. The molecule has 3 rings (SSSR count). The normalized spacial score (nSPS) is 12.4. The summed E-state index contributed by atoms with van der Waals surface area (Å²) in [6, 6.07) is 14.4. The number of allylic oxidation sites excluding steroid dienone is 1. The summed E-state index contributed by atoms with van der Waals surface area (Å²) >= 11 is 0. The number of nitriles is 2. The number of fused-ring (bicyclic) bond motifs is 1. The minimum Gasteiger partial charge on any atom is -0.274 e. The molecule has 0 saturated heterocycles. The number of carbonyl (C=O) groups excluding carboxylic acids is 1. The Hall–Kier alpha value is -3.97. The quantitative estimate of drug-likeness (QED) is 0.476. The van der Waals surface area contributed by atoms with Gasteiger partial charge in [-0.25, -0.2) is 0 Å². The van der Waals surface area contributed by atoms with E-state index in [0.717, 1.165) is 11.6 Å². The van der Waals surface area contributed by atoms with E-state index in [1.165, 1.54) is 17.0 Å². The van der Waals surface area contributed by atoms with Gasteiger partial charge in [0.15, 0.2) is 5.57 Å². The van der Waals surface area contributed by atoms with Crippen LogP contribution in [0.2, 0.25) is 0 Å². The van der Waals surface area contributed by atoms with Gasteiger partial charge in [0, 0.05) is 23.4 Å². The fraction of sp³-hybridized carbons (Fsp3) is 0.0556. The maximum Gasteiger partial charge on any atom is 0.270 e. The number of hydrogen-bond donors (Lipinski definition) is 0. The summed E-state index contributed by atoms with van der Waals surface area (Å²) < 4.78 is 0. The Balaban J connectivity index is 2.29. The second kappa shape index (κ2) is 5.91. The van der Waals surface area contributed by atoms with Gasteiger partial charge < -0.3 is 0 Å². The molecule has 0 atom stereocenters. The SMILES string of the molecule is Cc1ccc(N2C(=O)c3cc([N+](=O)[O-])ccc3C2=C(C#N)C#N)cc1. The summed E-state index contributed by atoms with van der Waals surface area (Å²) in [4.78, 5) is 24.5. The van der Waals surface area contributed by atoms with Gasteiger partial charge in [-0.2, -0.15) is 10.5 Å². The molecule has 0 aliphatic carbocycles. The van der Waals surface area contributed by atoms with Gasteiger partial charge in [-0.1, -0.05) is 17.7 Å². The van der Waals surface area contributed by atoms with Gasteiger partial charge in [0.05, 0.1) is 16.2 Å². The van der Waals surface area contributed by atoms with Crippen LogP contribution in [0.3, 0.4) is 0 Å². The predicted molar refractivity (Wildman–Crippen MR) is 89.2 cm³/mol. The maximum absolute atomic E-state index is 12.9. The minimum atomic E-state index is -0.596. The second-order valence-electron chi connectivity index (χ2n) is 5.41. The number of rotatable bonds is 2. The molecule has 7 heteroatoms. The molecule has 1 aliphatic rings. The van der Waals surface area contributed by atoms with Crippen LogP contribution in [-0.4, -0.2) is 10.8 Å². The molecular weight excluding hydrogens is 320 g/mol. The Morgan fingerprint density at radius 2 is 1.72 bits per heavy atom. The smallest absolute Gasteiger partial charge is 0.270 e. The van der Waals surface area contributed by atoms with Crippen molar-refractivity contribution in [1.82, 2.24) is 0 Å². The molecule has 0 N–H and O–H groups in total. The third-order valence-electron chi connectivity index (χ3n) is 3.88. The lowest BCUT2D eigenvalue weighted by Gasteiger charge is -2.18. The van der Waals surface area contributed by atoms with Gasteiger partial charge >= 0.3 is 0 Å². The molecule has 7 nitrogen and oxygen atoms in total. The van der Waals surface area contributed by atoms with Crippen LogP contribution in [0.1, 0.15) is 21.5 Å². The van der Waals surface area contributed by atoms with Crippen molar-refractivity contribution in [1.29, 1.82) is 10.5 Å². The largest absolute Gasteiger partial charge is 0.274 e. The number of nitro groups is 1. The summed E-state index contributed by atoms with van der Waals surface area (Å²) in [6.45, 7) is 1.89. The second-order valence-corrected chi connectivity index (χ2v) is 5.41. The molecule has 0 aromatic heterocycles. The fourth-order valence-electron chi connectivity index (χ4n) is 2.69. The first-order valence-corrected chi connectivity index (χ1v) is 7.22. The van der Waals surface area contributed by atoms with Crippen LogP contribution in [0, 0.1) is 39.7 Å². The average Bonchev–Trinajstić information content (AvgIpc) is 2.89. The number of anilines is 1. The number of carbonyl (C=O) groups is 1. The summed E-state index contributed by atoms with van der Waals surface area (Å²) in [5, 5.41) is 29.5. The Labute approximate surface area is 142 Å². The number of nitrogens with zero attached hydrogens (tertiary/aromatic N) is 4. The molecule has 0 spiro atoms. The zero-order valence-electron chi connectivity index (χ0n) is 13.1. The van der Waals surface area contributed by atoms with E-state index in [1.807, 2.05) is 6.92 Å². The van der Waals surface area contributed by atoms with Gasteiger partial charge in [-0.15, -0.1) is 0 Å². The molecule has 120 valence electrons. The van der Waals surface area contributed by atoms with Crippen LogP contribution in [0.5, 0.6) is 0 Å². The van der Waals surface area contributed by atoms with E-state index in [4.69, 9.17) is 0 Å². The molecular formula is C18H10N4O3. The number of nitro benzene ring substituents is 1. The summed E-state index contributed by atoms with van der Waals surface area (Å²) in [6.07, 6.45) is 0. The highest BCUT2D eigenvalue weighted by Gasteiger charge is 2.37. The molecule has 1 amide bonds. The number of aryl methyl sites for hydroxylation is 1. The molecule has 0 fully saturated rings. The Bertz CT molecular complexity index is 1010. The van der Waals surface area contributed by atoms with Crippen LogP contribution in [0.4, 0.5) is 11.4 Å². The van der Waals surface area contributed by atoms with Gasteiger partial charge in [-0.3, -0.25) is 19.8 Å². The highest BCUT2D eigenvalue weighted by Crippen LogP contribution is 2.39. The Kier molecular flexibility index (Phi) is 3.76. The highest BCUT2D eigenvalue weighted by atomic mass is 16.6. The fourth-order valence-corrected chi connectivity index (χ4v) is 2.69. The van der Waals surface area contributed by atoms with Crippen molar-refractivity contribution < 1.29 is 9.72 Å². The predicted octanol–water partition coefficient (Wildman–Crippen LogP) is 3.32. The molecule has 1 heterocycles. The van der Waals surface area contributed by atoms with Crippen molar-refractivity contribution in [3.05, 3.63) is 74.8 Å². The molecule has 0 bridgehead atoms. The Morgan fingerprint density at radius 1 is 1.08 bits per heavy atom. The number of hydrogen-bond acceptors (Lipinski definition) is 5. The van der Waals surface area contributed by atoms with Crippen molar-refractivity contribution >= 4 is 23.0 Å². The maximum atomic E-state index is 12.9. The van der Waals surface area contributed by atoms with E-state index in [0.29, 0.717) is 11.3 Å². The minimum absolute atomic E-state index is 0.0905. The van der Waals surface area contributed by atoms with Crippen LogP contribution in [-0.2, 0) is 0 Å². The van der Waals surface area contributed by atoms with Gasteiger partial charge in [0.25, 0.3) is 11.6 Å². The van der Waals surface area contributed by atoms with E-state index in [-0.39, 0.29) is 22.5 Å². The molecule has 0 unspecified atom stereocenters. The van der Waals surface area contributed by atoms with Crippen molar-refractivity contribution in [2.45, 2.75) is 6.92 Å². The van der Waals surface area contributed by atoms with E-state index in [2.05, 4.69) is 0 Å². The molecule has 0 saturated carbocycles. The van der Waals surface area contributed by atoms with Crippen LogP contribution < -0.4 is 4.90 Å². The van der Waals surface area contributed by atoms with Crippen LogP contribution in [0.15, 0.2) is 48.0 Å². The third-order valence-corrected chi connectivity index (χ3v) is 3.88. The average molecular weight is 330 g/mol. The summed E-state index contributed by atoms with van der Waals surface area (Å²) in [5.74, 6) is -0.513. The number of benzene rings is 2. The first kappa shape index (κ1) is 15.9. The third kappa shape index (κ3) is 2.50. The first-order chi connectivity index (χ1) is 12.0. The van der Waals surface area contributed by atoms with E-state index in [9.17, 15) is 25.4 Å². The number of non-ortho nitro benzene ring substituents is 1. The molecule has 0 radical (unpaired) electrons. The number of amides is 1. The lowest BCUT2D eigenvalue weighted by molar-refractivity contribution is -0.384. The van der Waals surface area contributed by atoms with Crippen molar-refractivity contribution in [2.75, 3.05) is 4.90 Å². The van der Waals surface area contributed by atoms with Crippen molar-refractivity contribution in [2.24, 2.45) is 0 Å². The monoisotopic (exact) mass is 330 g/mol. The summed E-state index contributed by atoms with van der Waals surface area (Å²) in [7, 11) is 0. The standard InChI is InChI=1S/C18H10N4O3/c1-11-2-4-13(5-3-11)21-17(12(9-19)10-20)15-7-6-14(22(24)25)8-16(15)18(21)23/h2-8H,1H3. The first-order valence-electron chi connectivity index (χ1n) is 7.22. The van der Waals surface area contributed by atoms with Crippen LogP contribution >= 0.6 is 0 Å². The molecule has 1 aliphatic heterocycles. The van der Waals surface area contributed by atoms with E-state index in [1.54, 1.807) is 36.4 Å². The van der Waals surface area contributed by atoms with Gasteiger partial charge in [0.1, 0.15) is 12.1 Å². The Morgan fingerprint density at radius 3 is 2.28 bits per heavy atom. The van der Waals surface area contributed by atoms with Gasteiger partial charge in [0.2, 0.25) is 0 Å². The topological polar surface area (TPSA) is 111 Å². The molecule has 2 aromatic rings. The highest BCUT2D eigenvalue weighted by molar-refractivity contribution is 6.23.